The Morgan fingerprint density at radius 3 is 2.50 bits per heavy atom. The van der Waals surface area contributed by atoms with Gasteiger partial charge in [0.1, 0.15) is 5.76 Å². The van der Waals surface area contributed by atoms with Gasteiger partial charge >= 0.3 is 0 Å². The van der Waals surface area contributed by atoms with E-state index >= 15 is 0 Å². The van der Waals surface area contributed by atoms with Crippen LogP contribution in [0.3, 0.4) is 0 Å². The number of hydrogen-bond acceptors (Lipinski definition) is 3. The maximum absolute atomic E-state index is 13.1. The quantitative estimate of drug-likeness (QED) is 0.669. The number of benzene rings is 2. The number of carbonyl (C=O) groups excluding carboxylic acids is 1. The van der Waals surface area contributed by atoms with Gasteiger partial charge in [0.2, 0.25) is 0 Å². The number of nitrogens with zero attached hydrogens (tertiary/aromatic N) is 1. The van der Waals surface area contributed by atoms with Crippen LogP contribution in [0, 0.1) is 12.8 Å². The minimum atomic E-state index is -0.342. The molecule has 4 rings (SSSR count). The fourth-order valence-corrected chi connectivity index (χ4v) is 3.80. The molecule has 0 aliphatic carbocycles. The molecule has 0 bridgehead atoms. The van der Waals surface area contributed by atoms with Crippen molar-refractivity contribution in [3.63, 3.8) is 0 Å². The third-order valence-electron chi connectivity index (χ3n) is 5.53. The zero-order valence-electron chi connectivity index (χ0n) is 15.8. The summed E-state index contributed by atoms with van der Waals surface area (Å²) in [5.74, 6) is 0.338. The fourth-order valence-electron chi connectivity index (χ4n) is 3.80. The van der Waals surface area contributed by atoms with Crippen molar-refractivity contribution >= 4 is 16.9 Å². The summed E-state index contributed by atoms with van der Waals surface area (Å²) in [5, 5.41) is 0.404. The van der Waals surface area contributed by atoms with Crippen LogP contribution >= 0.6 is 0 Å². The standard InChI is InChI=1S/C23H22FNO3/c1-15-20(26)18-8-5-9-19(23(27)25-12-10-16(14-24)11-13-25)22(18)28-21(15)17-6-3-2-4-7-17/h2-9,16H,10-14H2,1H3. The Labute approximate surface area is 162 Å². The van der Waals surface area contributed by atoms with Gasteiger partial charge in [0.15, 0.2) is 11.0 Å². The molecule has 0 saturated carbocycles. The minimum absolute atomic E-state index is 0.0295. The third-order valence-corrected chi connectivity index (χ3v) is 5.53. The van der Waals surface area contributed by atoms with E-state index in [1.807, 2.05) is 30.3 Å². The van der Waals surface area contributed by atoms with E-state index < -0.39 is 0 Å². The molecule has 1 fully saturated rings. The van der Waals surface area contributed by atoms with Crippen LogP contribution in [0.2, 0.25) is 0 Å². The highest BCUT2D eigenvalue weighted by atomic mass is 19.1. The molecule has 1 aliphatic rings. The first kappa shape index (κ1) is 18.4. The van der Waals surface area contributed by atoms with Crippen molar-refractivity contribution < 1.29 is 13.6 Å². The second-order valence-electron chi connectivity index (χ2n) is 7.32. The summed E-state index contributed by atoms with van der Waals surface area (Å²) in [5.41, 5.74) is 1.88. The van der Waals surface area contributed by atoms with Crippen molar-refractivity contribution in [3.05, 3.63) is 69.9 Å². The van der Waals surface area contributed by atoms with Crippen LogP contribution in [0.25, 0.3) is 22.3 Å². The van der Waals surface area contributed by atoms with Crippen LogP contribution < -0.4 is 5.43 Å². The molecule has 2 aromatic carbocycles. The Bertz CT molecular complexity index is 1070. The van der Waals surface area contributed by atoms with Gasteiger partial charge in [0.25, 0.3) is 5.91 Å². The molecule has 5 heteroatoms. The number of amides is 1. The lowest BCUT2D eigenvalue weighted by atomic mass is 9.97. The summed E-state index contributed by atoms with van der Waals surface area (Å²) in [6.45, 7) is 2.44. The van der Waals surface area contributed by atoms with Crippen molar-refractivity contribution in [2.24, 2.45) is 5.92 Å². The number of halogens is 1. The van der Waals surface area contributed by atoms with Gasteiger partial charge in [-0.25, -0.2) is 0 Å². The van der Waals surface area contributed by atoms with Crippen LogP contribution in [-0.4, -0.2) is 30.6 Å². The van der Waals surface area contributed by atoms with E-state index in [1.165, 1.54) is 0 Å². The van der Waals surface area contributed by atoms with Crippen LogP contribution in [0.4, 0.5) is 4.39 Å². The highest BCUT2D eigenvalue weighted by Crippen LogP contribution is 2.28. The Hall–Kier alpha value is -2.95. The van der Waals surface area contributed by atoms with Gasteiger partial charge in [0, 0.05) is 24.2 Å². The first-order valence-corrected chi connectivity index (χ1v) is 9.57. The number of hydrogen-bond donors (Lipinski definition) is 0. The maximum Gasteiger partial charge on any atom is 0.257 e. The molecule has 0 unspecified atom stereocenters. The van der Waals surface area contributed by atoms with Crippen LogP contribution in [0.15, 0.2) is 57.7 Å². The van der Waals surface area contributed by atoms with E-state index in [2.05, 4.69) is 0 Å². The lowest BCUT2D eigenvalue weighted by Crippen LogP contribution is -2.39. The summed E-state index contributed by atoms with van der Waals surface area (Å²) in [4.78, 5) is 27.8. The number of carbonyl (C=O) groups is 1. The first-order valence-electron chi connectivity index (χ1n) is 9.57. The Morgan fingerprint density at radius 2 is 1.82 bits per heavy atom. The molecule has 0 N–H and O–H groups in total. The number of piperidine rings is 1. The summed E-state index contributed by atoms with van der Waals surface area (Å²) < 4.78 is 19.0. The largest absolute Gasteiger partial charge is 0.455 e. The number of alkyl halides is 1. The number of likely N-dealkylation sites (tertiary alicyclic amines) is 1. The molecule has 0 radical (unpaired) electrons. The number of fused-ring (bicyclic) bond motifs is 1. The van der Waals surface area contributed by atoms with Gasteiger partial charge in [0.05, 0.1) is 17.6 Å². The van der Waals surface area contributed by atoms with Crippen LogP contribution in [0.5, 0.6) is 0 Å². The average molecular weight is 379 g/mol. The predicted molar refractivity (Wildman–Crippen MR) is 107 cm³/mol. The predicted octanol–water partition coefficient (Wildman–Crippen LogP) is 4.59. The maximum atomic E-state index is 13.1. The van der Waals surface area contributed by atoms with Gasteiger partial charge in [-0.15, -0.1) is 0 Å². The molecule has 1 aromatic heterocycles. The van der Waals surface area contributed by atoms with E-state index in [0.29, 0.717) is 53.8 Å². The van der Waals surface area contributed by atoms with E-state index in [4.69, 9.17) is 4.42 Å². The Balaban J connectivity index is 1.81. The van der Waals surface area contributed by atoms with Gasteiger partial charge in [-0.1, -0.05) is 36.4 Å². The molecule has 1 aliphatic heterocycles. The third kappa shape index (κ3) is 3.21. The lowest BCUT2D eigenvalue weighted by molar-refractivity contribution is 0.0678. The summed E-state index contributed by atoms with van der Waals surface area (Å²) >= 11 is 0. The SMILES string of the molecule is Cc1c(-c2ccccc2)oc2c(C(=O)N3CCC(CF)CC3)cccc2c1=O. The van der Waals surface area contributed by atoms with Crippen LogP contribution in [0.1, 0.15) is 28.8 Å². The van der Waals surface area contributed by atoms with Crippen molar-refractivity contribution in [1.82, 2.24) is 4.90 Å². The highest BCUT2D eigenvalue weighted by Gasteiger charge is 2.26. The molecule has 4 nitrogen and oxygen atoms in total. The second-order valence-corrected chi connectivity index (χ2v) is 7.32. The molecular formula is C23H22FNO3. The molecule has 2 heterocycles. The summed E-state index contributed by atoms with van der Waals surface area (Å²) in [7, 11) is 0. The first-order chi connectivity index (χ1) is 13.6. The smallest absolute Gasteiger partial charge is 0.257 e. The second kappa shape index (κ2) is 7.58. The number of rotatable bonds is 3. The molecule has 0 spiro atoms. The van der Waals surface area contributed by atoms with E-state index in [-0.39, 0.29) is 23.9 Å². The van der Waals surface area contributed by atoms with E-state index in [0.717, 1.165) is 5.56 Å². The van der Waals surface area contributed by atoms with E-state index in [1.54, 1.807) is 30.0 Å². The summed E-state index contributed by atoms with van der Waals surface area (Å²) in [6, 6.07) is 14.5. The molecule has 1 amide bonds. The van der Waals surface area contributed by atoms with Gasteiger partial charge in [-0.2, -0.15) is 0 Å². The Morgan fingerprint density at radius 1 is 1.11 bits per heavy atom. The zero-order chi connectivity index (χ0) is 19.7. The zero-order valence-corrected chi connectivity index (χ0v) is 15.8. The van der Waals surface area contributed by atoms with Gasteiger partial charge in [-0.05, 0) is 37.8 Å². The molecule has 3 aromatic rings. The normalized spacial score (nSPS) is 15.1. The number of para-hydroxylation sites is 1. The molecular weight excluding hydrogens is 357 g/mol. The van der Waals surface area contributed by atoms with Crippen molar-refractivity contribution in [1.29, 1.82) is 0 Å². The van der Waals surface area contributed by atoms with Gasteiger partial charge < -0.3 is 9.32 Å². The van der Waals surface area contributed by atoms with Crippen LogP contribution in [-0.2, 0) is 0 Å². The topological polar surface area (TPSA) is 50.5 Å². The molecule has 0 atom stereocenters. The molecule has 28 heavy (non-hydrogen) atoms. The minimum Gasteiger partial charge on any atom is -0.455 e. The fraction of sp³-hybridized carbons (Fsp3) is 0.304. The summed E-state index contributed by atoms with van der Waals surface area (Å²) in [6.07, 6.45) is 1.32. The average Bonchev–Trinajstić information content (AvgIpc) is 2.76. The van der Waals surface area contributed by atoms with E-state index in [9.17, 15) is 14.0 Å². The van der Waals surface area contributed by atoms with Crippen molar-refractivity contribution in [2.45, 2.75) is 19.8 Å². The Kier molecular flexibility index (Phi) is 4.99. The van der Waals surface area contributed by atoms with Crippen molar-refractivity contribution in [2.75, 3.05) is 19.8 Å². The molecule has 1 saturated heterocycles. The monoisotopic (exact) mass is 379 g/mol. The van der Waals surface area contributed by atoms with Crippen molar-refractivity contribution in [3.8, 4) is 11.3 Å². The lowest BCUT2D eigenvalue weighted by Gasteiger charge is -2.30. The molecule has 144 valence electrons. The van der Waals surface area contributed by atoms with Gasteiger partial charge in [-0.3, -0.25) is 14.0 Å². The highest BCUT2D eigenvalue weighted by molar-refractivity contribution is 6.05.